The Hall–Kier alpha value is -1.68. The van der Waals surface area contributed by atoms with Crippen LogP contribution in [0.4, 0.5) is 0 Å². The lowest BCUT2D eigenvalue weighted by Crippen LogP contribution is -2.28. The molecule has 0 atom stereocenters. The van der Waals surface area contributed by atoms with Crippen molar-refractivity contribution in [2.45, 2.75) is 20.3 Å². The number of carbonyl (C=O) groups excluding carboxylic acids is 1. The molecule has 2 aromatic rings. The molecule has 2 aromatic heterocycles. The molecule has 4 heteroatoms. The summed E-state index contributed by atoms with van der Waals surface area (Å²) >= 11 is 1.67. The molecule has 100 valence electrons. The number of amides is 1. The van der Waals surface area contributed by atoms with Gasteiger partial charge in [-0.3, -0.25) is 9.78 Å². The van der Waals surface area contributed by atoms with Gasteiger partial charge in [0.2, 0.25) is 0 Å². The van der Waals surface area contributed by atoms with E-state index < -0.39 is 0 Å². The standard InChI is InChI=1S/C15H18N2OS/c1-11-10-14(12(2)19-11)15(18)17(3)9-6-13-4-7-16-8-5-13/h4-5,7-8,10H,6,9H2,1-3H3. The lowest BCUT2D eigenvalue weighted by Gasteiger charge is -2.17. The molecule has 0 fully saturated rings. The highest BCUT2D eigenvalue weighted by Gasteiger charge is 2.15. The summed E-state index contributed by atoms with van der Waals surface area (Å²) in [6.45, 7) is 4.75. The predicted octanol–water partition coefficient (Wildman–Crippen LogP) is 3.07. The molecule has 0 N–H and O–H groups in total. The van der Waals surface area contributed by atoms with Crippen molar-refractivity contribution < 1.29 is 4.79 Å². The number of thiophene rings is 1. The van der Waals surface area contributed by atoms with Gasteiger partial charge in [-0.2, -0.15) is 0 Å². The van der Waals surface area contributed by atoms with Crippen LogP contribution in [0.5, 0.6) is 0 Å². The maximum absolute atomic E-state index is 12.3. The molecular weight excluding hydrogens is 256 g/mol. The van der Waals surface area contributed by atoms with Crippen molar-refractivity contribution in [3.8, 4) is 0 Å². The summed E-state index contributed by atoms with van der Waals surface area (Å²) in [5, 5.41) is 0. The van der Waals surface area contributed by atoms with E-state index >= 15 is 0 Å². The van der Waals surface area contributed by atoms with Crippen molar-refractivity contribution >= 4 is 17.2 Å². The molecule has 2 heterocycles. The largest absolute Gasteiger partial charge is 0.341 e. The van der Waals surface area contributed by atoms with Crippen molar-refractivity contribution in [1.82, 2.24) is 9.88 Å². The van der Waals surface area contributed by atoms with Crippen molar-refractivity contribution in [3.05, 3.63) is 51.5 Å². The van der Waals surface area contributed by atoms with Crippen molar-refractivity contribution in [2.75, 3.05) is 13.6 Å². The van der Waals surface area contributed by atoms with Crippen molar-refractivity contribution in [1.29, 1.82) is 0 Å². The fraction of sp³-hybridized carbons (Fsp3) is 0.333. The number of hydrogen-bond donors (Lipinski definition) is 0. The van der Waals surface area contributed by atoms with Gasteiger partial charge in [0.25, 0.3) is 5.91 Å². The normalized spacial score (nSPS) is 10.5. The summed E-state index contributed by atoms with van der Waals surface area (Å²) in [6, 6.07) is 5.95. The molecule has 3 nitrogen and oxygen atoms in total. The van der Waals surface area contributed by atoms with Crippen LogP contribution in [-0.4, -0.2) is 29.4 Å². The third-order valence-electron chi connectivity index (χ3n) is 3.10. The van der Waals surface area contributed by atoms with Crippen LogP contribution in [0.2, 0.25) is 0 Å². The molecule has 2 rings (SSSR count). The van der Waals surface area contributed by atoms with Crippen LogP contribution in [0, 0.1) is 13.8 Å². The molecular formula is C15H18N2OS. The zero-order chi connectivity index (χ0) is 13.8. The van der Waals surface area contributed by atoms with Crippen LogP contribution < -0.4 is 0 Å². The third-order valence-corrected chi connectivity index (χ3v) is 4.07. The molecule has 0 aromatic carbocycles. The summed E-state index contributed by atoms with van der Waals surface area (Å²) in [7, 11) is 1.86. The molecule has 0 spiro atoms. The van der Waals surface area contributed by atoms with Gasteiger partial charge in [0.05, 0.1) is 5.56 Å². The number of aryl methyl sites for hydroxylation is 2. The molecule has 19 heavy (non-hydrogen) atoms. The van der Waals surface area contributed by atoms with Gasteiger partial charge >= 0.3 is 0 Å². The second-order valence-corrected chi connectivity index (χ2v) is 6.12. The van der Waals surface area contributed by atoms with Crippen LogP contribution in [-0.2, 0) is 6.42 Å². The first kappa shape index (κ1) is 13.7. The molecule has 1 amide bonds. The summed E-state index contributed by atoms with van der Waals surface area (Å²) in [5.74, 6) is 0.107. The average molecular weight is 274 g/mol. The molecule has 0 aliphatic carbocycles. The van der Waals surface area contributed by atoms with E-state index in [2.05, 4.69) is 4.98 Å². The number of nitrogens with zero attached hydrogens (tertiary/aromatic N) is 2. The molecule has 0 saturated heterocycles. The summed E-state index contributed by atoms with van der Waals surface area (Å²) in [6.07, 6.45) is 4.42. The number of hydrogen-bond acceptors (Lipinski definition) is 3. The molecule has 0 radical (unpaired) electrons. The van der Waals surface area contributed by atoms with Gasteiger partial charge in [-0.15, -0.1) is 11.3 Å². The van der Waals surface area contributed by atoms with E-state index in [-0.39, 0.29) is 5.91 Å². The Morgan fingerprint density at radius 2 is 2.00 bits per heavy atom. The Kier molecular flexibility index (Phi) is 4.32. The van der Waals surface area contributed by atoms with Crippen molar-refractivity contribution in [2.24, 2.45) is 0 Å². The van der Waals surface area contributed by atoms with E-state index in [1.807, 2.05) is 39.1 Å². The van der Waals surface area contributed by atoms with E-state index in [9.17, 15) is 4.79 Å². The minimum Gasteiger partial charge on any atom is -0.341 e. The van der Waals surface area contributed by atoms with Gasteiger partial charge in [0.15, 0.2) is 0 Å². The predicted molar refractivity (Wildman–Crippen MR) is 78.7 cm³/mol. The maximum atomic E-state index is 12.3. The number of pyridine rings is 1. The highest BCUT2D eigenvalue weighted by molar-refractivity contribution is 7.12. The van der Waals surface area contributed by atoms with Gasteiger partial charge in [-0.05, 0) is 44.0 Å². The molecule has 0 bridgehead atoms. The Morgan fingerprint density at radius 3 is 2.58 bits per heavy atom. The number of aromatic nitrogens is 1. The Morgan fingerprint density at radius 1 is 1.32 bits per heavy atom. The lowest BCUT2D eigenvalue weighted by atomic mass is 10.1. The zero-order valence-electron chi connectivity index (χ0n) is 11.5. The highest BCUT2D eigenvalue weighted by Crippen LogP contribution is 2.21. The Balaban J connectivity index is 1.98. The summed E-state index contributed by atoms with van der Waals surface area (Å²) < 4.78 is 0. The van der Waals surface area contributed by atoms with Crippen LogP contribution in [0.1, 0.15) is 25.7 Å². The minimum atomic E-state index is 0.107. The van der Waals surface area contributed by atoms with Gasteiger partial charge in [0, 0.05) is 35.7 Å². The third kappa shape index (κ3) is 3.41. The van der Waals surface area contributed by atoms with Gasteiger partial charge in [-0.25, -0.2) is 0 Å². The maximum Gasteiger partial charge on any atom is 0.254 e. The van der Waals surface area contributed by atoms with Gasteiger partial charge in [-0.1, -0.05) is 0 Å². The van der Waals surface area contributed by atoms with E-state index in [1.54, 1.807) is 28.6 Å². The zero-order valence-corrected chi connectivity index (χ0v) is 12.3. The van der Waals surface area contributed by atoms with E-state index in [0.717, 1.165) is 23.4 Å². The van der Waals surface area contributed by atoms with Crippen LogP contribution >= 0.6 is 11.3 Å². The van der Waals surface area contributed by atoms with E-state index in [0.29, 0.717) is 0 Å². The first-order valence-corrected chi connectivity index (χ1v) is 7.11. The molecule has 0 aliphatic heterocycles. The summed E-state index contributed by atoms with van der Waals surface area (Å²) in [5.41, 5.74) is 2.03. The smallest absolute Gasteiger partial charge is 0.254 e. The minimum absolute atomic E-state index is 0.107. The Labute approximate surface area is 117 Å². The fourth-order valence-electron chi connectivity index (χ4n) is 2.00. The fourth-order valence-corrected chi connectivity index (χ4v) is 2.91. The van der Waals surface area contributed by atoms with Crippen molar-refractivity contribution in [3.63, 3.8) is 0 Å². The Bertz CT molecular complexity index is 563. The molecule has 0 saturated carbocycles. The molecule has 0 aliphatic rings. The first-order chi connectivity index (χ1) is 9.08. The highest BCUT2D eigenvalue weighted by atomic mass is 32.1. The van der Waals surface area contributed by atoms with Crippen LogP contribution in [0.3, 0.4) is 0 Å². The second-order valence-electron chi connectivity index (χ2n) is 4.66. The monoisotopic (exact) mass is 274 g/mol. The van der Waals surface area contributed by atoms with Gasteiger partial charge in [0.1, 0.15) is 0 Å². The van der Waals surface area contributed by atoms with E-state index in [4.69, 9.17) is 0 Å². The molecule has 0 unspecified atom stereocenters. The average Bonchev–Trinajstić information content (AvgIpc) is 2.75. The number of carbonyl (C=O) groups is 1. The topological polar surface area (TPSA) is 33.2 Å². The van der Waals surface area contributed by atoms with Crippen LogP contribution in [0.25, 0.3) is 0 Å². The lowest BCUT2D eigenvalue weighted by molar-refractivity contribution is 0.0796. The van der Waals surface area contributed by atoms with E-state index in [1.165, 1.54) is 10.4 Å². The van der Waals surface area contributed by atoms with Crippen LogP contribution in [0.15, 0.2) is 30.6 Å². The van der Waals surface area contributed by atoms with Gasteiger partial charge < -0.3 is 4.90 Å². The SMILES string of the molecule is Cc1cc(C(=O)N(C)CCc2ccncc2)c(C)s1. The number of likely N-dealkylation sites (N-methyl/N-ethyl adjacent to an activating group) is 1. The first-order valence-electron chi connectivity index (χ1n) is 6.29. The summed E-state index contributed by atoms with van der Waals surface area (Å²) in [4.78, 5) is 20.4. The quantitative estimate of drug-likeness (QED) is 0.858. The number of rotatable bonds is 4. The second kappa shape index (κ2) is 5.97.